The average Bonchev–Trinajstić information content (AvgIpc) is 3.45. The van der Waals surface area contributed by atoms with Crippen LogP contribution in [0.3, 0.4) is 0 Å². The first kappa shape index (κ1) is 26.0. The van der Waals surface area contributed by atoms with Gasteiger partial charge in [0.25, 0.3) is 11.5 Å². The number of anilines is 1. The van der Waals surface area contributed by atoms with Crippen LogP contribution in [0.2, 0.25) is 10.0 Å². The van der Waals surface area contributed by atoms with Crippen LogP contribution in [0.4, 0.5) is 5.95 Å². The lowest BCUT2D eigenvalue weighted by Crippen LogP contribution is -2.41. The van der Waals surface area contributed by atoms with Gasteiger partial charge in [-0.15, -0.1) is 0 Å². The Morgan fingerprint density at radius 2 is 1.88 bits per heavy atom. The van der Waals surface area contributed by atoms with Gasteiger partial charge in [0.05, 0.1) is 35.1 Å². The lowest BCUT2D eigenvalue weighted by Gasteiger charge is -2.29. The van der Waals surface area contributed by atoms with Gasteiger partial charge in [-0.25, -0.2) is 9.55 Å². The van der Waals surface area contributed by atoms with Crippen molar-refractivity contribution in [2.45, 2.75) is 19.5 Å². The zero-order chi connectivity index (χ0) is 27.8. The van der Waals surface area contributed by atoms with Crippen molar-refractivity contribution in [1.29, 1.82) is 0 Å². The summed E-state index contributed by atoms with van der Waals surface area (Å²) < 4.78 is 18.0. The highest BCUT2D eigenvalue weighted by Crippen LogP contribution is 2.33. The summed E-state index contributed by atoms with van der Waals surface area (Å²) in [5.41, 5.74) is 2.76. The van der Waals surface area contributed by atoms with Crippen LogP contribution in [-0.2, 0) is 19.5 Å². The predicted molar refractivity (Wildman–Crippen MR) is 151 cm³/mol. The molecule has 0 bridgehead atoms. The van der Waals surface area contributed by atoms with Crippen LogP contribution < -0.4 is 25.1 Å². The number of rotatable bonds is 6. The number of fused-ring (bicyclic) bond motifs is 2. The van der Waals surface area contributed by atoms with Crippen molar-refractivity contribution in [3.63, 3.8) is 0 Å². The van der Waals surface area contributed by atoms with E-state index < -0.39 is 0 Å². The Morgan fingerprint density at radius 1 is 1.05 bits per heavy atom. The second-order valence-corrected chi connectivity index (χ2v) is 10.1. The first-order valence-corrected chi connectivity index (χ1v) is 13.3. The third-order valence-electron chi connectivity index (χ3n) is 6.90. The quantitative estimate of drug-likeness (QED) is 0.340. The van der Waals surface area contributed by atoms with E-state index in [-0.39, 0.29) is 24.8 Å². The van der Waals surface area contributed by atoms with Gasteiger partial charge in [-0.3, -0.25) is 9.59 Å². The van der Waals surface area contributed by atoms with E-state index in [0.717, 1.165) is 5.56 Å². The molecule has 3 aromatic carbocycles. The maximum atomic E-state index is 14.0. The number of hydrogen-bond donors (Lipinski definition) is 1. The zero-order valence-corrected chi connectivity index (χ0v) is 23.0. The minimum absolute atomic E-state index is 0.176. The average molecular weight is 579 g/mol. The summed E-state index contributed by atoms with van der Waals surface area (Å²) in [7, 11) is 1.56. The van der Waals surface area contributed by atoms with Crippen molar-refractivity contribution >= 4 is 35.1 Å². The molecule has 0 saturated carbocycles. The standard InChI is InChI=1S/C29H24Cl2N4O5/c1-38-24-5-3-2-4-23(24)35-28(37)19-10-11-34(27(36)18-7-8-20(30)21(31)13-18)15-22(19)33-29(35)32-14-17-6-9-25-26(12-17)40-16-39-25/h2-9,12-13H,10-11,14-16H2,1H3,(H,32,33). The fourth-order valence-electron chi connectivity index (χ4n) is 4.86. The highest BCUT2D eigenvalue weighted by Gasteiger charge is 2.28. The molecule has 1 N–H and O–H groups in total. The number of methoxy groups -OCH3 is 1. The second kappa shape index (κ2) is 10.7. The molecule has 11 heteroatoms. The van der Waals surface area contributed by atoms with Crippen molar-refractivity contribution < 1.29 is 19.0 Å². The molecule has 204 valence electrons. The van der Waals surface area contributed by atoms with Crippen LogP contribution in [0.15, 0.2) is 65.5 Å². The van der Waals surface area contributed by atoms with Crippen LogP contribution in [0.5, 0.6) is 17.2 Å². The summed E-state index contributed by atoms with van der Waals surface area (Å²) in [4.78, 5) is 33.8. The van der Waals surface area contributed by atoms with Crippen LogP contribution >= 0.6 is 23.2 Å². The topological polar surface area (TPSA) is 94.9 Å². The molecule has 3 heterocycles. The van der Waals surface area contributed by atoms with E-state index in [0.29, 0.717) is 75.3 Å². The molecule has 0 aliphatic carbocycles. The molecule has 1 aromatic heterocycles. The summed E-state index contributed by atoms with van der Waals surface area (Å²) in [6, 6.07) is 17.7. The number of nitrogens with one attached hydrogen (secondary N) is 1. The molecule has 0 radical (unpaired) electrons. The zero-order valence-electron chi connectivity index (χ0n) is 21.4. The minimum atomic E-state index is -0.218. The number of ether oxygens (including phenoxy) is 3. The van der Waals surface area contributed by atoms with E-state index in [1.807, 2.05) is 36.4 Å². The fraction of sp³-hybridized carbons (Fsp3) is 0.207. The van der Waals surface area contributed by atoms with Crippen LogP contribution in [-0.4, -0.2) is 40.8 Å². The Bertz CT molecular complexity index is 1690. The molecular formula is C29H24Cl2N4O5. The van der Waals surface area contributed by atoms with E-state index in [1.165, 1.54) is 4.57 Å². The molecule has 9 nitrogen and oxygen atoms in total. The Labute approximate surface area is 239 Å². The maximum Gasteiger partial charge on any atom is 0.263 e. The monoisotopic (exact) mass is 578 g/mol. The number of aromatic nitrogens is 2. The molecule has 6 rings (SSSR count). The van der Waals surface area contributed by atoms with E-state index >= 15 is 0 Å². The molecule has 0 fully saturated rings. The number of amides is 1. The van der Waals surface area contributed by atoms with Gasteiger partial charge in [0.1, 0.15) is 5.75 Å². The Hall–Kier alpha value is -4.21. The minimum Gasteiger partial charge on any atom is -0.495 e. The Morgan fingerprint density at radius 3 is 2.70 bits per heavy atom. The third kappa shape index (κ3) is 4.82. The van der Waals surface area contributed by atoms with Crippen LogP contribution in [0.1, 0.15) is 27.2 Å². The van der Waals surface area contributed by atoms with E-state index in [1.54, 1.807) is 36.3 Å². The molecule has 0 unspecified atom stereocenters. The van der Waals surface area contributed by atoms with E-state index in [4.69, 9.17) is 42.4 Å². The number of carbonyl (C=O) groups is 1. The third-order valence-corrected chi connectivity index (χ3v) is 7.64. The molecule has 4 aromatic rings. The molecule has 0 atom stereocenters. The lowest BCUT2D eigenvalue weighted by molar-refractivity contribution is 0.0731. The van der Waals surface area contributed by atoms with Crippen LogP contribution in [0.25, 0.3) is 5.69 Å². The van der Waals surface area contributed by atoms with Gasteiger partial charge in [0.2, 0.25) is 12.7 Å². The fourth-order valence-corrected chi connectivity index (χ4v) is 5.16. The van der Waals surface area contributed by atoms with Gasteiger partial charge >= 0.3 is 0 Å². The smallest absolute Gasteiger partial charge is 0.263 e. The van der Waals surface area contributed by atoms with Crippen molar-refractivity contribution in [2.75, 3.05) is 25.8 Å². The number of benzene rings is 3. The normalized spacial score (nSPS) is 13.6. The molecule has 40 heavy (non-hydrogen) atoms. The summed E-state index contributed by atoms with van der Waals surface area (Å²) in [5, 5.41) is 3.99. The van der Waals surface area contributed by atoms with E-state index in [9.17, 15) is 9.59 Å². The molecular weight excluding hydrogens is 555 g/mol. The Balaban J connectivity index is 1.37. The largest absolute Gasteiger partial charge is 0.495 e. The lowest BCUT2D eigenvalue weighted by atomic mass is 10.0. The van der Waals surface area contributed by atoms with Crippen molar-refractivity contribution in [3.8, 4) is 22.9 Å². The predicted octanol–water partition coefficient (Wildman–Crippen LogP) is 5.09. The van der Waals surface area contributed by atoms with E-state index in [2.05, 4.69) is 5.32 Å². The Kier molecular flexibility index (Phi) is 7.00. The first-order chi connectivity index (χ1) is 19.4. The first-order valence-electron chi connectivity index (χ1n) is 12.6. The SMILES string of the molecule is COc1ccccc1-n1c(NCc2ccc3c(c2)OCO3)nc2c(c1=O)CCN(C(=O)c1ccc(Cl)c(Cl)c1)C2. The molecule has 0 saturated heterocycles. The van der Waals surface area contributed by atoms with Crippen molar-refractivity contribution in [2.24, 2.45) is 0 Å². The highest BCUT2D eigenvalue weighted by atomic mass is 35.5. The number of para-hydroxylation sites is 2. The van der Waals surface area contributed by atoms with Gasteiger partial charge < -0.3 is 24.4 Å². The summed E-state index contributed by atoms with van der Waals surface area (Å²) in [5.74, 6) is 2.00. The van der Waals surface area contributed by atoms with Gasteiger partial charge in [-0.2, -0.15) is 0 Å². The number of nitrogens with zero attached hydrogens (tertiary/aromatic N) is 3. The number of carbonyl (C=O) groups excluding carboxylic acids is 1. The van der Waals surface area contributed by atoms with Crippen molar-refractivity contribution in [3.05, 3.63) is 103 Å². The maximum absolute atomic E-state index is 14.0. The molecule has 2 aliphatic heterocycles. The molecule has 2 aliphatic rings. The summed E-state index contributed by atoms with van der Waals surface area (Å²) >= 11 is 12.2. The molecule has 1 amide bonds. The summed E-state index contributed by atoms with van der Waals surface area (Å²) in [6.45, 7) is 1.08. The van der Waals surface area contributed by atoms with Gasteiger partial charge in [0, 0.05) is 24.2 Å². The van der Waals surface area contributed by atoms with Crippen LogP contribution in [0, 0.1) is 0 Å². The van der Waals surface area contributed by atoms with Gasteiger partial charge in [0.15, 0.2) is 11.5 Å². The number of hydrogen-bond acceptors (Lipinski definition) is 7. The van der Waals surface area contributed by atoms with Crippen molar-refractivity contribution in [1.82, 2.24) is 14.5 Å². The second-order valence-electron chi connectivity index (χ2n) is 9.32. The van der Waals surface area contributed by atoms with Gasteiger partial charge in [-0.05, 0) is 54.4 Å². The van der Waals surface area contributed by atoms with Gasteiger partial charge in [-0.1, -0.05) is 41.4 Å². The molecule has 0 spiro atoms. The summed E-state index contributed by atoms with van der Waals surface area (Å²) in [6.07, 6.45) is 0.353. The highest BCUT2D eigenvalue weighted by molar-refractivity contribution is 6.42. The number of halogens is 2.